The molecule has 0 heterocycles. The lowest BCUT2D eigenvalue weighted by molar-refractivity contribution is 1.45. The Labute approximate surface area is 89.5 Å². The first-order valence-corrected chi connectivity index (χ1v) is 4.51. The summed E-state index contributed by atoms with van der Waals surface area (Å²) < 4.78 is 0.111. The Bertz CT molecular complexity index is 286. The van der Waals surface area contributed by atoms with Crippen LogP contribution in [0.5, 0.6) is 0 Å². The topological polar surface area (TPSA) is 0 Å². The third kappa shape index (κ3) is 6.44. The van der Waals surface area contributed by atoms with Gasteiger partial charge >= 0.3 is 0 Å². The molecule has 0 N–H and O–H groups in total. The summed E-state index contributed by atoms with van der Waals surface area (Å²) in [6.07, 6.45) is 1.87. The fraction of sp³-hybridized carbons (Fsp3) is 0.0909. The van der Waals surface area contributed by atoms with E-state index in [0.29, 0.717) is 0 Å². The van der Waals surface area contributed by atoms with Gasteiger partial charge in [0.2, 0.25) is 0 Å². The van der Waals surface area contributed by atoms with E-state index in [0.717, 1.165) is 0 Å². The first-order chi connectivity index (χ1) is 6.07. The third-order valence-corrected chi connectivity index (χ3v) is 1.41. The van der Waals surface area contributed by atoms with Crippen LogP contribution in [0.3, 0.4) is 0 Å². The largest absolute Gasteiger partial charge is 0.0992 e. The van der Waals surface area contributed by atoms with E-state index in [2.05, 4.69) is 32.2 Å². The van der Waals surface area contributed by atoms with Crippen LogP contribution in [0.1, 0.15) is 11.1 Å². The van der Waals surface area contributed by atoms with Crippen LogP contribution in [0.4, 0.5) is 0 Å². The Morgan fingerprint density at radius 3 is 2.08 bits per heavy atom. The average Bonchev–Trinajstić information content (AvgIpc) is 2.04. The SMILES string of the molecule is C=C(Cl)Cl.C=Cc1ccccc1C. The van der Waals surface area contributed by atoms with Crippen molar-refractivity contribution >= 4 is 29.3 Å². The van der Waals surface area contributed by atoms with E-state index >= 15 is 0 Å². The van der Waals surface area contributed by atoms with Crippen molar-refractivity contribution in [3.8, 4) is 0 Å². The molecule has 0 radical (unpaired) electrons. The van der Waals surface area contributed by atoms with Gasteiger partial charge in [-0.15, -0.1) is 0 Å². The van der Waals surface area contributed by atoms with Gasteiger partial charge in [0.1, 0.15) is 0 Å². The number of hydrogen-bond acceptors (Lipinski definition) is 0. The van der Waals surface area contributed by atoms with Gasteiger partial charge < -0.3 is 0 Å². The van der Waals surface area contributed by atoms with E-state index in [1.54, 1.807) is 0 Å². The maximum atomic E-state index is 4.85. The predicted octanol–water partition coefficient (Wildman–Crippen LogP) is 4.57. The van der Waals surface area contributed by atoms with Crippen LogP contribution < -0.4 is 0 Å². The van der Waals surface area contributed by atoms with Crippen LogP contribution in [0, 0.1) is 6.92 Å². The Morgan fingerprint density at radius 1 is 1.31 bits per heavy atom. The first kappa shape index (κ1) is 12.3. The molecule has 0 aliphatic carbocycles. The van der Waals surface area contributed by atoms with Gasteiger partial charge in [-0.1, -0.05) is 66.7 Å². The van der Waals surface area contributed by atoms with Gasteiger partial charge in [-0.3, -0.25) is 0 Å². The quantitative estimate of drug-likeness (QED) is 0.643. The number of rotatable bonds is 1. The first-order valence-electron chi connectivity index (χ1n) is 3.76. The van der Waals surface area contributed by atoms with Crippen molar-refractivity contribution in [2.75, 3.05) is 0 Å². The zero-order chi connectivity index (χ0) is 10.3. The molecule has 0 aliphatic heterocycles. The fourth-order valence-corrected chi connectivity index (χ4v) is 0.816. The van der Waals surface area contributed by atoms with Crippen molar-refractivity contribution in [1.29, 1.82) is 0 Å². The van der Waals surface area contributed by atoms with Gasteiger partial charge in [-0.2, -0.15) is 0 Å². The summed E-state index contributed by atoms with van der Waals surface area (Å²) >= 11 is 9.69. The lowest BCUT2D eigenvalue weighted by Crippen LogP contribution is -1.75. The summed E-state index contributed by atoms with van der Waals surface area (Å²) in [6, 6.07) is 8.19. The summed E-state index contributed by atoms with van der Waals surface area (Å²) in [5, 5.41) is 0. The minimum atomic E-state index is 0.111. The molecule has 0 fully saturated rings. The van der Waals surface area contributed by atoms with Crippen LogP contribution in [0.15, 0.2) is 41.9 Å². The number of hydrogen-bond donors (Lipinski definition) is 0. The van der Waals surface area contributed by atoms with Crippen molar-refractivity contribution in [3.63, 3.8) is 0 Å². The highest BCUT2D eigenvalue weighted by molar-refractivity contribution is 6.55. The molecule has 70 valence electrons. The molecule has 0 aromatic heterocycles. The van der Waals surface area contributed by atoms with Crippen molar-refractivity contribution in [1.82, 2.24) is 0 Å². The van der Waals surface area contributed by atoms with Crippen molar-refractivity contribution in [3.05, 3.63) is 53.0 Å². The van der Waals surface area contributed by atoms with Crippen LogP contribution in [-0.2, 0) is 0 Å². The lowest BCUT2D eigenvalue weighted by Gasteiger charge is -1.95. The molecule has 2 heteroatoms. The van der Waals surface area contributed by atoms with E-state index in [4.69, 9.17) is 23.2 Å². The maximum Gasteiger partial charge on any atom is 0.0992 e. The van der Waals surface area contributed by atoms with Crippen LogP contribution in [0.2, 0.25) is 0 Å². The molecule has 0 spiro atoms. The zero-order valence-electron chi connectivity index (χ0n) is 7.56. The molecular weight excluding hydrogens is 203 g/mol. The van der Waals surface area contributed by atoms with Crippen LogP contribution >= 0.6 is 23.2 Å². The molecule has 1 rings (SSSR count). The lowest BCUT2D eigenvalue weighted by atomic mass is 10.1. The summed E-state index contributed by atoms with van der Waals surface area (Å²) in [5.74, 6) is 0. The Balaban J connectivity index is 0.000000310. The third-order valence-electron chi connectivity index (χ3n) is 1.41. The van der Waals surface area contributed by atoms with Gasteiger partial charge in [-0.05, 0) is 18.1 Å². The van der Waals surface area contributed by atoms with Gasteiger partial charge in [0.05, 0.1) is 4.49 Å². The number of benzene rings is 1. The molecule has 0 saturated carbocycles. The van der Waals surface area contributed by atoms with Gasteiger partial charge in [0.15, 0.2) is 0 Å². The highest BCUT2D eigenvalue weighted by Crippen LogP contribution is 2.06. The van der Waals surface area contributed by atoms with Gasteiger partial charge in [-0.25, -0.2) is 0 Å². The molecule has 1 aromatic carbocycles. The van der Waals surface area contributed by atoms with Crippen molar-refractivity contribution in [2.24, 2.45) is 0 Å². The molecule has 13 heavy (non-hydrogen) atoms. The minimum Gasteiger partial charge on any atom is -0.0985 e. The molecule has 0 bridgehead atoms. The molecule has 0 aliphatic rings. The predicted molar refractivity (Wildman–Crippen MR) is 62.1 cm³/mol. The normalized spacial score (nSPS) is 8.23. The van der Waals surface area contributed by atoms with Crippen molar-refractivity contribution < 1.29 is 0 Å². The second kappa shape index (κ2) is 6.76. The molecule has 0 amide bonds. The summed E-state index contributed by atoms with van der Waals surface area (Å²) in [7, 11) is 0. The van der Waals surface area contributed by atoms with E-state index < -0.39 is 0 Å². The van der Waals surface area contributed by atoms with Crippen LogP contribution in [0.25, 0.3) is 6.08 Å². The van der Waals surface area contributed by atoms with Crippen molar-refractivity contribution in [2.45, 2.75) is 6.92 Å². The Hall–Kier alpha value is -0.720. The molecule has 0 nitrogen and oxygen atoms in total. The highest BCUT2D eigenvalue weighted by atomic mass is 35.5. The molecule has 0 saturated heterocycles. The van der Waals surface area contributed by atoms with E-state index in [1.165, 1.54) is 11.1 Å². The maximum absolute atomic E-state index is 4.85. The molecular formula is C11H12Cl2. The van der Waals surface area contributed by atoms with E-state index in [9.17, 15) is 0 Å². The highest BCUT2D eigenvalue weighted by Gasteiger charge is 1.86. The second-order valence-electron chi connectivity index (χ2n) is 2.40. The number of aryl methyl sites for hydroxylation is 1. The zero-order valence-corrected chi connectivity index (χ0v) is 9.07. The Kier molecular flexibility index (Phi) is 6.38. The molecule has 0 unspecified atom stereocenters. The summed E-state index contributed by atoms with van der Waals surface area (Å²) in [4.78, 5) is 0. The molecule has 1 aromatic rings. The molecule has 0 atom stereocenters. The van der Waals surface area contributed by atoms with E-state index in [1.807, 2.05) is 18.2 Å². The fourth-order valence-electron chi connectivity index (χ4n) is 0.816. The standard InChI is InChI=1S/C9H10.C2H2Cl2/c1-3-9-7-5-4-6-8(9)2;1-2(3)4/h3-7H,1H2,2H3;1H2. The Morgan fingerprint density at radius 2 is 1.77 bits per heavy atom. The number of halogens is 2. The second-order valence-corrected chi connectivity index (χ2v) is 3.51. The smallest absolute Gasteiger partial charge is 0.0985 e. The van der Waals surface area contributed by atoms with Gasteiger partial charge in [0, 0.05) is 0 Å². The monoisotopic (exact) mass is 214 g/mol. The van der Waals surface area contributed by atoms with E-state index in [-0.39, 0.29) is 4.49 Å². The van der Waals surface area contributed by atoms with Crippen LogP contribution in [-0.4, -0.2) is 0 Å². The summed E-state index contributed by atoms with van der Waals surface area (Å²) in [5.41, 5.74) is 2.50. The van der Waals surface area contributed by atoms with Gasteiger partial charge in [0.25, 0.3) is 0 Å². The minimum absolute atomic E-state index is 0.111. The summed E-state index contributed by atoms with van der Waals surface area (Å²) in [6.45, 7) is 8.86. The average molecular weight is 215 g/mol.